The highest BCUT2D eigenvalue weighted by atomic mass is 16.5. The van der Waals surface area contributed by atoms with Gasteiger partial charge >= 0.3 is 0 Å². The largest absolute Gasteiger partial charge is 0.478 e. The minimum Gasteiger partial charge on any atom is -0.478 e. The van der Waals surface area contributed by atoms with E-state index in [0.717, 1.165) is 25.3 Å². The van der Waals surface area contributed by atoms with E-state index in [4.69, 9.17) is 4.74 Å². The molecule has 0 aliphatic rings. The minimum absolute atomic E-state index is 0.302. The summed E-state index contributed by atoms with van der Waals surface area (Å²) in [5.74, 6) is 1.27. The second kappa shape index (κ2) is 7.94. The Morgan fingerprint density at radius 1 is 1.26 bits per heavy atom. The number of ether oxygens (including phenoxy) is 1. The molecule has 0 aromatic carbocycles. The summed E-state index contributed by atoms with van der Waals surface area (Å²) in [7, 11) is 0. The van der Waals surface area contributed by atoms with Crippen molar-refractivity contribution < 1.29 is 4.74 Å². The Bertz CT molecular complexity index is 380. The van der Waals surface area contributed by atoms with Crippen molar-refractivity contribution >= 4 is 5.95 Å². The van der Waals surface area contributed by atoms with Gasteiger partial charge < -0.3 is 15.0 Å². The molecule has 19 heavy (non-hydrogen) atoms. The van der Waals surface area contributed by atoms with Gasteiger partial charge in [0.1, 0.15) is 0 Å². The molecule has 1 atom stereocenters. The topological polar surface area (TPSA) is 50.3 Å². The Morgan fingerprint density at radius 3 is 2.53 bits per heavy atom. The third-order valence-electron chi connectivity index (χ3n) is 2.92. The van der Waals surface area contributed by atoms with Crippen LogP contribution in [0.3, 0.4) is 0 Å². The van der Waals surface area contributed by atoms with Crippen LogP contribution in [0.15, 0.2) is 6.07 Å². The first-order valence-corrected chi connectivity index (χ1v) is 7.06. The number of anilines is 1. The van der Waals surface area contributed by atoms with E-state index in [1.165, 1.54) is 0 Å². The van der Waals surface area contributed by atoms with Crippen molar-refractivity contribution in [2.45, 2.75) is 40.7 Å². The van der Waals surface area contributed by atoms with Crippen LogP contribution >= 0.6 is 0 Å². The molecule has 0 radical (unpaired) electrons. The van der Waals surface area contributed by atoms with Crippen molar-refractivity contribution in [2.24, 2.45) is 0 Å². The zero-order valence-electron chi connectivity index (χ0n) is 12.7. The summed E-state index contributed by atoms with van der Waals surface area (Å²) in [4.78, 5) is 11.1. The van der Waals surface area contributed by atoms with Crippen LogP contribution in [0.5, 0.6) is 5.88 Å². The Morgan fingerprint density at radius 2 is 1.95 bits per heavy atom. The Balaban J connectivity index is 2.65. The van der Waals surface area contributed by atoms with E-state index in [1.807, 2.05) is 19.9 Å². The zero-order valence-corrected chi connectivity index (χ0v) is 12.7. The molecule has 1 unspecified atom stereocenters. The van der Waals surface area contributed by atoms with Gasteiger partial charge in [0.15, 0.2) is 0 Å². The molecule has 5 nitrogen and oxygen atoms in total. The molecule has 0 fully saturated rings. The molecule has 0 bridgehead atoms. The third-order valence-corrected chi connectivity index (χ3v) is 2.92. The maximum Gasteiger partial charge on any atom is 0.226 e. The molecule has 108 valence electrons. The average Bonchev–Trinajstić information content (AvgIpc) is 2.35. The van der Waals surface area contributed by atoms with E-state index in [1.54, 1.807) is 0 Å². The Kier molecular flexibility index (Phi) is 6.56. The van der Waals surface area contributed by atoms with E-state index in [2.05, 4.69) is 41.0 Å². The second-order valence-corrected chi connectivity index (χ2v) is 4.64. The smallest absolute Gasteiger partial charge is 0.226 e. The lowest BCUT2D eigenvalue weighted by molar-refractivity contribution is 0.294. The molecule has 1 heterocycles. The first-order valence-electron chi connectivity index (χ1n) is 7.06. The van der Waals surface area contributed by atoms with E-state index < -0.39 is 0 Å². The third kappa shape index (κ3) is 5.42. The van der Waals surface area contributed by atoms with Crippen molar-refractivity contribution in [1.29, 1.82) is 0 Å². The minimum atomic E-state index is 0.302. The SMILES string of the molecule is CCOc1cc(C)nc(NC(C)CN(CC)CC)n1. The molecule has 1 rings (SSSR count). The molecule has 0 aliphatic carbocycles. The van der Waals surface area contributed by atoms with Gasteiger partial charge in [0.25, 0.3) is 0 Å². The van der Waals surface area contributed by atoms with Crippen molar-refractivity contribution in [3.8, 4) is 5.88 Å². The van der Waals surface area contributed by atoms with Gasteiger partial charge in [0, 0.05) is 24.3 Å². The number of aromatic nitrogens is 2. The number of aryl methyl sites for hydroxylation is 1. The van der Waals surface area contributed by atoms with E-state index >= 15 is 0 Å². The summed E-state index contributed by atoms with van der Waals surface area (Å²) >= 11 is 0. The molecule has 1 aromatic rings. The standard InChI is InChI=1S/C14H26N4O/c1-6-18(7-2)10-12(5)16-14-15-11(4)9-13(17-14)19-8-3/h9,12H,6-8,10H2,1-5H3,(H,15,16,17). The fourth-order valence-corrected chi connectivity index (χ4v) is 1.96. The maximum atomic E-state index is 5.43. The number of nitrogens with one attached hydrogen (secondary N) is 1. The highest BCUT2D eigenvalue weighted by Crippen LogP contribution is 2.12. The lowest BCUT2D eigenvalue weighted by atomic mass is 10.3. The van der Waals surface area contributed by atoms with Crippen molar-refractivity contribution in [2.75, 3.05) is 31.6 Å². The molecular weight excluding hydrogens is 240 g/mol. The van der Waals surface area contributed by atoms with Gasteiger partial charge in [-0.2, -0.15) is 4.98 Å². The Labute approximate surface area is 116 Å². The normalized spacial score (nSPS) is 12.5. The number of rotatable bonds is 8. The molecule has 1 N–H and O–H groups in total. The fourth-order valence-electron chi connectivity index (χ4n) is 1.96. The van der Waals surface area contributed by atoms with Crippen LogP contribution in [0.1, 0.15) is 33.4 Å². The van der Waals surface area contributed by atoms with Crippen LogP contribution in [0.25, 0.3) is 0 Å². The lowest BCUT2D eigenvalue weighted by Crippen LogP contribution is -2.35. The van der Waals surface area contributed by atoms with Gasteiger partial charge in [0.05, 0.1) is 6.61 Å². The highest BCUT2D eigenvalue weighted by molar-refractivity contribution is 5.31. The summed E-state index contributed by atoms with van der Waals surface area (Å²) < 4.78 is 5.43. The molecule has 0 spiro atoms. The van der Waals surface area contributed by atoms with Crippen LogP contribution in [0, 0.1) is 6.92 Å². The first-order chi connectivity index (χ1) is 9.08. The molecule has 0 amide bonds. The van der Waals surface area contributed by atoms with Crippen LogP contribution in [0.4, 0.5) is 5.95 Å². The number of hydrogen-bond acceptors (Lipinski definition) is 5. The van der Waals surface area contributed by atoms with Crippen molar-refractivity contribution in [3.05, 3.63) is 11.8 Å². The quantitative estimate of drug-likeness (QED) is 0.782. The predicted molar refractivity (Wildman–Crippen MR) is 78.8 cm³/mol. The van der Waals surface area contributed by atoms with Gasteiger partial charge in [-0.3, -0.25) is 0 Å². The van der Waals surface area contributed by atoms with Crippen molar-refractivity contribution in [3.63, 3.8) is 0 Å². The van der Waals surface area contributed by atoms with Crippen LogP contribution in [0.2, 0.25) is 0 Å². The fraction of sp³-hybridized carbons (Fsp3) is 0.714. The van der Waals surface area contributed by atoms with Gasteiger partial charge in [-0.05, 0) is 33.9 Å². The summed E-state index contributed by atoms with van der Waals surface area (Å²) in [5.41, 5.74) is 0.913. The van der Waals surface area contributed by atoms with Crippen LogP contribution < -0.4 is 10.1 Å². The summed E-state index contributed by atoms with van der Waals surface area (Å²) in [6, 6.07) is 2.15. The van der Waals surface area contributed by atoms with Gasteiger partial charge in [-0.1, -0.05) is 13.8 Å². The van der Waals surface area contributed by atoms with Gasteiger partial charge in [0.2, 0.25) is 11.8 Å². The maximum absolute atomic E-state index is 5.43. The highest BCUT2D eigenvalue weighted by Gasteiger charge is 2.09. The summed E-state index contributed by atoms with van der Waals surface area (Å²) in [5, 5.41) is 3.34. The molecule has 1 aromatic heterocycles. The number of hydrogen-bond donors (Lipinski definition) is 1. The molecule has 0 aliphatic heterocycles. The monoisotopic (exact) mass is 266 g/mol. The first kappa shape index (κ1) is 15.7. The second-order valence-electron chi connectivity index (χ2n) is 4.64. The Hall–Kier alpha value is -1.36. The van der Waals surface area contributed by atoms with Crippen LogP contribution in [-0.2, 0) is 0 Å². The van der Waals surface area contributed by atoms with E-state index in [-0.39, 0.29) is 0 Å². The average molecular weight is 266 g/mol. The molecule has 0 saturated heterocycles. The number of nitrogens with zero attached hydrogens (tertiary/aromatic N) is 3. The molecule has 5 heteroatoms. The summed E-state index contributed by atoms with van der Waals surface area (Å²) in [6.07, 6.45) is 0. The predicted octanol–water partition coefficient (Wildman–Crippen LogP) is 2.33. The lowest BCUT2D eigenvalue weighted by Gasteiger charge is -2.23. The van der Waals surface area contributed by atoms with E-state index in [9.17, 15) is 0 Å². The van der Waals surface area contributed by atoms with Crippen molar-refractivity contribution in [1.82, 2.24) is 14.9 Å². The molecular formula is C14H26N4O. The van der Waals surface area contributed by atoms with Crippen LogP contribution in [-0.4, -0.2) is 47.2 Å². The van der Waals surface area contributed by atoms with E-state index in [0.29, 0.717) is 24.5 Å². The molecule has 0 saturated carbocycles. The zero-order chi connectivity index (χ0) is 14.3. The summed E-state index contributed by atoms with van der Waals surface area (Å²) in [6.45, 7) is 14.1. The number of likely N-dealkylation sites (N-methyl/N-ethyl adjacent to an activating group) is 1. The van der Waals surface area contributed by atoms with Gasteiger partial charge in [-0.25, -0.2) is 4.98 Å². The van der Waals surface area contributed by atoms with Gasteiger partial charge in [-0.15, -0.1) is 0 Å².